The van der Waals surface area contributed by atoms with Gasteiger partial charge in [0.05, 0.1) is 0 Å². The van der Waals surface area contributed by atoms with Gasteiger partial charge in [-0.2, -0.15) is 0 Å². The number of nitrogens with one attached hydrogen (secondary N) is 1. The predicted molar refractivity (Wildman–Crippen MR) is 98.5 cm³/mol. The molecule has 0 aliphatic carbocycles. The Balaban J connectivity index is 1.84. The van der Waals surface area contributed by atoms with Gasteiger partial charge in [0.25, 0.3) is 11.5 Å². The van der Waals surface area contributed by atoms with E-state index in [0.717, 1.165) is 19.3 Å². The average molecular weight is 380 g/mol. The zero-order valence-electron chi connectivity index (χ0n) is 13.9. The molecule has 3 rings (SSSR count). The second-order valence-electron chi connectivity index (χ2n) is 6.15. The van der Waals surface area contributed by atoms with Crippen molar-refractivity contribution in [3.63, 3.8) is 0 Å². The van der Waals surface area contributed by atoms with Gasteiger partial charge in [-0.3, -0.25) is 9.59 Å². The van der Waals surface area contributed by atoms with Crippen molar-refractivity contribution in [2.75, 3.05) is 6.54 Å². The van der Waals surface area contributed by atoms with Gasteiger partial charge in [0, 0.05) is 35.2 Å². The van der Waals surface area contributed by atoms with Crippen molar-refractivity contribution in [2.45, 2.75) is 38.6 Å². The molecular weight excluding hydrogens is 361 g/mol. The number of hydrogen-bond donors (Lipinski definition) is 1. The lowest BCUT2D eigenvalue weighted by Gasteiger charge is -2.23. The Bertz CT molecular complexity index is 830. The lowest BCUT2D eigenvalue weighted by molar-refractivity contribution is 0.0731. The number of aromatic nitrogens is 2. The highest BCUT2D eigenvalue weighted by Gasteiger charge is 2.29. The van der Waals surface area contributed by atoms with Crippen LogP contribution in [0.3, 0.4) is 0 Å². The first-order chi connectivity index (χ1) is 12.0. The molecule has 1 fully saturated rings. The summed E-state index contributed by atoms with van der Waals surface area (Å²) >= 11 is 12.3. The van der Waals surface area contributed by atoms with E-state index in [0.29, 0.717) is 34.4 Å². The van der Waals surface area contributed by atoms with Crippen molar-refractivity contribution >= 4 is 29.1 Å². The van der Waals surface area contributed by atoms with E-state index in [1.54, 1.807) is 23.1 Å². The molecule has 1 N–H and O–H groups in total. The summed E-state index contributed by atoms with van der Waals surface area (Å²) < 4.78 is 0. The van der Waals surface area contributed by atoms with E-state index in [9.17, 15) is 9.59 Å². The molecule has 1 unspecified atom stereocenters. The number of hydrogen-bond acceptors (Lipinski definition) is 3. The van der Waals surface area contributed by atoms with Crippen LogP contribution in [0.1, 0.15) is 47.9 Å². The Hall–Kier alpha value is -1.85. The van der Waals surface area contributed by atoms with Crippen molar-refractivity contribution < 1.29 is 4.79 Å². The minimum absolute atomic E-state index is 0.0781. The van der Waals surface area contributed by atoms with E-state index in [1.165, 1.54) is 6.20 Å². The quantitative estimate of drug-likeness (QED) is 0.880. The van der Waals surface area contributed by atoms with Gasteiger partial charge < -0.3 is 9.88 Å². The van der Waals surface area contributed by atoms with Crippen molar-refractivity contribution in [3.05, 3.63) is 61.7 Å². The molecule has 132 valence electrons. The Morgan fingerprint density at radius 3 is 2.72 bits per heavy atom. The number of likely N-dealkylation sites (tertiary alicyclic amines) is 1. The maximum atomic E-state index is 12.6. The van der Waals surface area contributed by atoms with Crippen LogP contribution in [0.4, 0.5) is 0 Å². The van der Waals surface area contributed by atoms with Gasteiger partial charge in [-0.15, -0.1) is 0 Å². The van der Waals surface area contributed by atoms with Gasteiger partial charge in [0.2, 0.25) is 0 Å². The van der Waals surface area contributed by atoms with Gasteiger partial charge >= 0.3 is 0 Å². The topological polar surface area (TPSA) is 66.1 Å². The molecule has 7 heteroatoms. The Morgan fingerprint density at radius 1 is 1.36 bits per heavy atom. The minimum atomic E-state index is -0.431. The van der Waals surface area contributed by atoms with E-state index in [1.807, 2.05) is 0 Å². The molecule has 1 aromatic carbocycles. The van der Waals surface area contributed by atoms with Crippen LogP contribution in [0.15, 0.2) is 29.2 Å². The summed E-state index contributed by atoms with van der Waals surface area (Å²) in [6, 6.07) is 5.42. The predicted octanol–water partition coefficient (Wildman–Crippen LogP) is 3.68. The fraction of sp³-hybridized carbons (Fsp3) is 0.389. The number of carbonyl (C=O) groups is 1. The molecule has 0 spiro atoms. The molecule has 2 heterocycles. The molecule has 1 amide bonds. The molecule has 1 aliphatic heterocycles. The monoisotopic (exact) mass is 379 g/mol. The number of carbonyl (C=O) groups excluding carboxylic acids is 1. The number of benzene rings is 1. The number of nitrogens with zero attached hydrogens (tertiary/aromatic N) is 2. The maximum Gasteiger partial charge on any atom is 0.263 e. The lowest BCUT2D eigenvalue weighted by Crippen LogP contribution is -2.38. The summed E-state index contributed by atoms with van der Waals surface area (Å²) in [4.78, 5) is 33.7. The third-order valence-electron chi connectivity index (χ3n) is 4.60. The molecule has 0 bridgehead atoms. The smallest absolute Gasteiger partial charge is 0.263 e. The maximum absolute atomic E-state index is 12.6. The Labute approximate surface area is 156 Å². The zero-order chi connectivity index (χ0) is 18.0. The van der Waals surface area contributed by atoms with Gasteiger partial charge in [0.1, 0.15) is 11.4 Å². The van der Waals surface area contributed by atoms with Crippen LogP contribution < -0.4 is 5.56 Å². The highest BCUT2D eigenvalue weighted by molar-refractivity contribution is 6.36. The standard InChI is InChI=1S/C18H19Cl2N3O2/c1-2-11-5-4-8-23(11)18(25)13-10-21-16(22-17(13)24)9-12-14(19)6-3-7-15(12)20/h3,6-7,10-11H,2,4-5,8-9H2,1H3,(H,21,22,24). The molecule has 1 aromatic heterocycles. The fourth-order valence-electron chi connectivity index (χ4n) is 3.22. The SMILES string of the molecule is CCC1CCCN1C(=O)c1cnc(Cc2c(Cl)cccc2Cl)[nH]c1=O. The highest BCUT2D eigenvalue weighted by Crippen LogP contribution is 2.26. The number of H-pyrrole nitrogens is 1. The molecule has 2 aromatic rings. The normalized spacial score (nSPS) is 17.1. The van der Waals surface area contributed by atoms with E-state index in [2.05, 4.69) is 16.9 Å². The summed E-state index contributed by atoms with van der Waals surface area (Å²) in [5.41, 5.74) is 0.341. The average Bonchev–Trinajstić information content (AvgIpc) is 3.06. The number of aromatic amines is 1. The van der Waals surface area contributed by atoms with Crippen LogP contribution >= 0.6 is 23.2 Å². The van der Waals surface area contributed by atoms with Crippen LogP contribution in [0, 0.1) is 0 Å². The van der Waals surface area contributed by atoms with Crippen molar-refractivity contribution in [3.8, 4) is 0 Å². The van der Waals surface area contributed by atoms with Crippen molar-refractivity contribution in [1.82, 2.24) is 14.9 Å². The first kappa shape index (κ1) is 18.0. The van der Waals surface area contributed by atoms with Crippen LogP contribution in [-0.4, -0.2) is 33.4 Å². The Morgan fingerprint density at radius 2 is 2.08 bits per heavy atom. The minimum Gasteiger partial charge on any atom is -0.335 e. The molecule has 1 saturated heterocycles. The third-order valence-corrected chi connectivity index (χ3v) is 5.31. The highest BCUT2D eigenvalue weighted by atomic mass is 35.5. The van der Waals surface area contributed by atoms with Crippen LogP contribution in [0.2, 0.25) is 10.0 Å². The molecule has 25 heavy (non-hydrogen) atoms. The number of halogens is 2. The number of amides is 1. The molecule has 0 saturated carbocycles. The van der Waals surface area contributed by atoms with E-state index < -0.39 is 5.56 Å². The summed E-state index contributed by atoms with van der Waals surface area (Å²) in [5, 5.41) is 1.02. The first-order valence-electron chi connectivity index (χ1n) is 8.33. The van der Waals surface area contributed by atoms with Crippen LogP contribution in [0.25, 0.3) is 0 Å². The Kier molecular flexibility index (Phi) is 5.45. The van der Waals surface area contributed by atoms with Crippen LogP contribution in [0.5, 0.6) is 0 Å². The van der Waals surface area contributed by atoms with Gasteiger partial charge in [-0.1, -0.05) is 36.2 Å². The number of rotatable bonds is 4. The third kappa shape index (κ3) is 3.72. The van der Waals surface area contributed by atoms with Crippen molar-refractivity contribution in [2.24, 2.45) is 0 Å². The zero-order valence-corrected chi connectivity index (χ0v) is 15.4. The van der Waals surface area contributed by atoms with Crippen LogP contribution in [-0.2, 0) is 6.42 Å². The second-order valence-corrected chi connectivity index (χ2v) is 6.97. The largest absolute Gasteiger partial charge is 0.335 e. The fourth-order valence-corrected chi connectivity index (χ4v) is 3.76. The van der Waals surface area contributed by atoms with Gasteiger partial charge in [0.15, 0.2) is 0 Å². The summed E-state index contributed by atoms with van der Waals surface area (Å²) in [6.07, 6.45) is 4.49. The molecule has 0 radical (unpaired) electrons. The van der Waals surface area contributed by atoms with Crippen molar-refractivity contribution in [1.29, 1.82) is 0 Å². The van der Waals surface area contributed by atoms with Gasteiger partial charge in [-0.25, -0.2) is 4.98 Å². The summed E-state index contributed by atoms with van der Waals surface area (Å²) in [5.74, 6) is 0.172. The molecular formula is C18H19Cl2N3O2. The lowest BCUT2D eigenvalue weighted by atomic mass is 10.1. The molecule has 5 nitrogen and oxygen atoms in total. The summed E-state index contributed by atoms with van der Waals surface area (Å²) in [7, 11) is 0. The second kappa shape index (κ2) is 7.58. The van der Waals surface area contributed by atoms with E-state index in [4.69, 9.17) is 23.2 Å². The molecule has 1 aliphatic rings. The van der Waals surface area contributed by atoms with E-state index in [-0.39, 0.29) is 17.5 Å². The first-order valence-corrected chi connectivity index (χ1v) is 9.09. The molecule has 1 atom stereocenters. The van der Waals surface area contributed by atoms with Gasteiger partial charge in [-0.05, 0) is 37.0 Å². The summed E-state index contributed by atoms with van der Waals surface area (Å²) in [6.45, 7) is 2.74. The van der Waals surface area contributed by atoms with E-state index >= 15 is 0 Å².